The number of aryl methyl sites for hydroxylation is 2. The normalized spacial score (nSPS) is 16.6. The van der Waals surface area contributed by atoms with Gasteiger partial charge in [0.25, 0.3) is 0 Å². The van der Waals surface area contributed by atoms with Crippen LogP contribution in [0.25, 0.3) is 0 Å². The zero-order valence-corrected chi connectivity index (χ0v) is 16.1. The molecule has 1 amide bonds. The summed E-state index contributed by atoms with van der Waals surface area (Å²) in [5.74, 6) is -0.129. The molecule has 140 valence electrons. The highest BCUT2D eigenvalue weighted by molar-refractivity contribution is 7.89. The van der Waals surface area contributed by atoms with Crippen molar-refractivity contribution in [1.29, 1.82) is 0 Å². The van der Waals surface area contributed by atoms with E-state index in [0.717, 1.165) is 0 Å². The summed E-state index contributed by atoms with van der Waals surface area (Å²) in [7, 11) is -3.67. The van der Waals surface area contributed by atoms with Gasteiger partial charge in [-0.25, -0.2) is 8.42 Å². The van der Waals surface area contributed by atoms with Crippen LogP contribution in [0.2, 0.25) is 5.02 Å². The lowest BCUT2D eigenvalue weighted by Crippen LogP contribution is -2.41. The van der Waals surface area contributed by atoms with Gasteiger partial charge in [-0.05, 0) is 38.8 Å². The van der Waals surface area contributed by atoms with Crippen LogP contribution in [0.5, 0.6) is 0 Å². The maximum atomic E-state index is 12.8. The van der Waals surface area contributed by atoms with Crippen LogP contribution in [0.15, 0.2) is 33.7 Å². The second-order valence-corrected chi connectivity index (χ2v) is 8.58. The molecular formula is C17H20ClN3O4S. The van der Waals surface area contributed by atoms with E-state index >= 15 is 0 Å². The van der Waals surface area contributed by atoms with Gasteiger partial charge in [-0.3, -0.25) is 4.79 Å². The Hall–Kier alpha value is -1.90. The molecule has 2 aromatic rings. The first-order valence-electron chi connectivity index (χ1n) is 8.29. The molecule has 0 saturated carbocycles. The molecule has 1 saturated heterocycles. The summed E-state index contributed by atoms with van der Waals surface area (Å²) in [6.45, 7) is 3.73. The molecule has 1 fully saturated rings. The maximum absolute atomic E-state index is 12.8. The fraction of sp³-hybridized carbons (Fsp3) is 0.412. The Balaban J connectivity index is 1.66. The van der Waals surface area contributed by atoms with Crippen molar-refractivity contribution in [2.75, 3.05) is 18.4 Å². The minimum absolute atomic E-state index is 0.122. The standard InChI is InChI=1S/C17H20ClN3O4S/c1-11-16(12(2)25-20-11)26(23,24)21-9-7-13(8-10-21)17(22)19-15-6-4-3-5-14(15)18/h3-6,13H,7-10H2,1-2H3,(H,19,22). The highest BCUT2D eigenvalue weighted by Crippen LogP contribution is 2.29. The third-order valence-electron chi connectivity index (χ3n) is 4.52. The molecule has 1 aromatic carbocycles. The van der Waals surface area contributed by atoms with Gasteiger partial charge in [-0.15, -0.1) is 0 Å². The number of rotatable bonds is 4. The van der Waals surface area contributed by atoms with Crippen LogP contribution in [0.3, 0.4) is 0 Å². The number of hydrogen-bond acceptors (Lipinski definition) is 5. The molecule has 0 aliphatic carbocycles. The van der Waals surface area contributed by atoms with E-state index in [9.17, 15) is 13.2 Å². The van der Waals surface area contributed by atoms with Crippen molar-refractivity contribution in [3.05, 3.63) is 40.7 Å². The lowest BCUT2D eigenvalue weighted by atomic mass is 9.97. The monoisotopic (exact) mass is 397 g/mol. The van der Waals surface area contributed by atoms with Crippen LogP contribution < -0.4 is 5.32 Å². The number of benzene rings is 1. The number of anilines is 1. The van der Waals surface area contributed by atoms with Gasteiger partial charge in [0.2, 0.25) is 15.9 Å². The summed E-state index contributed by atoms with van der Waals surface area (Å²) in [6, 6.07) is 7.02. The zero-order chi connectivity index (χ0) is 18.9. The quantitative estimate of drug-likeness (QED) is 0.856. The first-order chi connectivity index (χ1) is 12.3. The van der Waals surface area contributed by atoms with Crippen molar-refractivity contribution < 1.29 is 17.7 Å². The van der Waals surface area contributed by atoms with Gasteiger partial charge in [0.05, 0.1) is 10.7 Å². The van der Waals surface area contributed by atoms with Crippen molar-refractivity contribution in [2.45, 2.75) is 31.6 Å². The zero-order valence-electron chi connectivity index (χ0n) is 14.5. The first-order valence-corrected chi connectivity index (χ1v) is 10.1. The highest BCUT2D eigenvalue weighted by atomic mass is 35.5. The van der Waals surface area contributed by atoms with E-state index in [1.165, 1.54) is 4.31 Å². The second kappa shape index (κ2) is 7.38. The van der Waals surface area contributed by atoms with Gasteiger partial charge >= 0.3 is 0 Å². The molecule has 0 unspecified atom stereocenters. The number of halogens is 1. The van der Waals surface area contributed by atoms with Crippen molar-refractivity contribution >= 4 is 33.2 Å². The van der Waals surface area contributed by atoms with Crippen LogP contribution in [-0.2, 0) is 14.8 Å². The summed E-state index contributed by atoms with van der Waals surface area (Å²) in [6.07, 6.45) is 0.887. The molecule has 7 nitrogen and oxygen atoms in total. The van der Waals surface area contributed by atoms with Crippen molar-refractivity contribution in [2.24, 2.45) is 5.92 Å². The van der Waals surface area contributed by atoms with Crippen molar-refractivity contribution in [3.63, 3.8) is 0 Å². The van der Waals surface area contributed by atoms with Gasteiger partial charge in [-0.1, -0.05) is 28.9 Å². The number of aromatic nitrogens is 1. The van der Waals surface area contributed by atoms with Crippen LogP contribution >= 0.6 is 11.6 Å². The number of carbonyl (C=O) groups is 1. The summed E-state index contributed by atoms with van der Waals surface area (Å²) >= 11 is 6.06. The predicted molar refractivity (Wildman–Crippen MR) is 97.5 cm³/mol. The molecule has 26 heavy (non-hydrogen) atoms. The molecule has 1 aliphatic rings. The largest absolute Gasteiger partial charge is 0.360 e. The highest BCUT2D eigenvalue weighted by Gasteiger charge is 2.35. The van der Waals surface area contributed by atoms with Crippen molar-refractivity contribution in [1.82, 2.24) is 9.46 Å². The lowest BCUT2D eigenvalue weighted by Gasteiger charge is -2.30. The van der Waals surface area contributed by atoms with Crippen LogP contribution in [-0.4, -0.2) is 36.9 Å². The number of sulfonamides is 1. The third kappa shape index (κ3) is 3.62. The Morgan fingerprint density at radius 3 is 2.50 bits per heavy atom. The minimum Gasteiger partial charge on any atom is -0.360 e. The molecular weight excluding hydrogens is 378 g/mol. The van der Waals surface area contributed by atoms with Crippen LogP contribution in [0, 0.1) is 19.8 Å². The average molecular weight is 398 g/mol. The Kier molecular flexibility index (Phi) is 5.36. The number of nitrogens with one attached hydrogen (secondary N) is 1. The Bertz CT molecular complexity index is 898. The lowest BCUT2D eigenvalue weighted by molar-refractivity contribution is -0.120. The SMILES string of the molecule is Cc1noc(C)c1S(=O)(=O)N1CCC(C(=O)Nc2ccccc2Cl)CC1. The molecule has 3 rings (SSSR count). The number of amides is 1. The van der Waals surface area contributed by atoms with E-state index in [0.29, 0.717) is 29.2 Å². The smallest absolute Gasteiger partial charge is 0.248 e. The third-order valence-corrected chi connectivity index (χ3v) is 7.00. The molecule has 0 radical (unpaired) electrons. The van der Waals surface area contributed by atoms with Gasteiger partial charge in [-0.2, -0.15) is 4.31 Å². The molecule has 1 N–H and O–H groups in total. The Morgan fingerprint density at radius 2 is 1.92 bits per heavy atom. The minimum atomic E-state index is -3.67. The first kappa shape index (κ1) is 18.9. The van der Waals surface area contributed by atoms with Crippen LogP contribution in [0.4, 0.5) is 5.69 Å². The number of hydrogen-bond donors (Lipinski definition) is 1. The summed E-state index contributed by atoms with van der Waals surface area (Å²) in [5, 5.41) is 7.01. The molecule has 2 heterocycles. The van der Waals surface area contributed by atoms with Gasteiger partial charge in [0.15, 0.2) is 5.76 Å². The molecule has 0 atom stereocenters. The van der Waals surface area contributed by atoms with E-state index in [-0.39, 0.29) is 35.6 Å². The molecule has 0 bridgehead atoms. The average Bonchev–Trinajstić information content (AvgIpc) is 2.96. The van der Waals surface area contributed by atoms with Crippen molar-refractivity contribution in [3.8, 4) is 0 Å². The van der Waals surface area contributed by atoms with Crippen LogP contribution in [0.1, 0.15) is 24.3 Å². The van der Waals surface area contributed by atoms with E-state index in [1.807, 2.05) is 0 Å². The van der Waals surface area contributed by atoms with E-state index in [4.69, 9.17) is 16.1 Å². The molecule has 9 heteroatoms. The fourth-order valence-electron chi connectivity index (χ4n) is 3.13. The Morgan fingerprint density at radius 1 is 1.27 bits per heavy atom. The number of piperidine rings is 1. The van der Waals surface area contributed by atoms with E-state index in [1.54, 1.807) is 38.1 Å². The number of nitrogens with zero attached hydrogens (tertiary/aromatic N) is 2. The Labute approximate surface area is 157 Å². The number of para-hydroxylation sites is 1. The topological polar surface area (TPSA) is 92.5 Å². The van der Waals surface area contributed by atoms with Gasteiger partial charge in [0, 0.05) is 19.0 Å². The summed E-state index contributed by atoms with van der Waals surface area (Å²) < 4.78 is 32.0. The van der Waals surface area contributed by atoms with E-state index in [2.05, 4.69) is 10.5 Å². The fourth-order valence-corrected chi connectivity index (χ4v) is 5.07. The van der Waals surface area contributed by atoms with Gasteiger partial charge in [0.1, 0.15) is 10.6 Å². The number of carbonyl (C=O) groups excluding carboxylic acids is 1. The maximum Gasteiger partial charge on any atom is 0.248 e. The molecule has 0 spiro atoms. The molecule has 1 aromatic heterocycles. The molecule has 1 aliphatic heterocycles. The van der Waals surface area contributed by atoms with E-state index < -0.39 is 10.0 Å². The second-order valence-electron chi connectivity index (χ2n) is 6.30. The summed E-state index contributed by atoms with van der Waals surface area (Å²) in [5.41, 5.74) is 0.908. The summed E-state index contributed by atoms with van der Waals surface area (Å²) in [4.78, 5) is 12.6. The predicted octanol–water partition coefficient (Wildman–Crippen LogP) is 2.98. The van der Waals surface area contributed by atoms with Gasteiger partial charge < -0.3 is 9.84 Å².